The van der Waals surface area contributed by atoms with Crippen molar-refractivity contribution in [1.29, 1.82) is 0 Å². The molecule has 1 saturated heterocycles. The van der Waals surface area contributed by atoms with E-state index >= 15 is 0 Å². The van der Waals surface area contributed by atoms with Gasteiger partial charge in [-0.25, -0.2) is 0 Å². The minimum Gasteiger partial charge on any atom is -0.376 e. The second kappa shape index (κ2) is 8.44. The van der Waals surface area contributed by atoms with Crippen molar-refractivity contribution in [3.63, 3.8) is 0 Å². The van der Waals surface area contributed by atoms with Crippen molar-refractivity contribution < 1.29 is 14.3 Å². The van der Waals surface area contributed by atoms with Crippen LogP contribution in [0.4, 0.5) is 5.69 Å². The monoisotopic (exact) mass is 399 g/mol. The Morgan fingerprint density at radius 1 is 1.10 bits per heavy atom. The molecule has 2 amide bonds. The van der Waals surface area contributed by atoms with Crippen LogP contribution in [0.25, 0.3) is 0 Å². The van der Waals surface area contributed by atoms with Crippen molar-refractivity contribution >= 4 is 17.5 Å². The van der Waals surface area contributed by atoms with Gasteiger partial charge in [0.05, 0.1) is 6.10 Å². The van der Waals surface area contributed by atoms with E-state index in [2.05, 4.69) is 24.3 Å². The molecule has 158 valence electrons. The van der Waals surface area contributed by atoms with Crippen LogP contribution < -0.4 is 5.32 Å². The van der Waals surface area contributed by atoms with E-state index in [-0.39, 0.29) is 17.9 Å². The highest BCUT2D eigenvalue weighted by Crippen LogP contribution is 2.40. The zero-order chi connectivity index (χ0) is 20.5. The van der Waals surface area contributed by atoms with Gasteiger partial charge in [0.15, 0.2) is 0 Å². The van der Waals surface area contributed by atoms with Crippen LogP contribution in [0.1, 0.15) is 43.0 Å². The Kier molecular flexibility index (Phi) is 5.93. The molecule has 1 aromatic rings. The minimum atomic E-state index is -0.110. The van der Waals surface area contributed by atoms with Crippen molar-refractivity contribution in [2.75, 3.05) is 39.1 Å². The van der Waals surface area contributed by atoms with Gasteiger partial charge < -0.3 is 19.9 Å². The Labute approximate surface area is 173 Å². The molecule has 3 aliphatic rings. The smallest absolute Gasteiger partial charge is 0.253 e. The third-order valence-corrected chi connectivity index (χ3v) is 6.73. The van der Waals surface area contributed by atoms with E-state index in [1.807, 2.05) is 4.90 Å². The molecule has 1 N–H and O–H groups in total. The van der Waals surface area contributed by atoms with Gasteiger partial charge >= 0.3 is 0 Å². The molecule has 6 heteroatoms. The molecule has 1 aliphatic heterocycles. The number of nitrogens with one attached hydrogen (secondary N) is 1. The predicted molar refractivity (Wildman–Crippen MR) is 113 cm³/mol. The Morgan fingerprint density at radius 2 is 1.76 bits per heavy atom. The molecule has 4 atom stereocenters. The van der Waals surface area contributed by atoms with Crippen molar-refractivity contribution in [1.82, 2.24) is 9.80 Å². The van der Waals surface area contributed by atoms with Crippen LogP contribution in [0.15, 0.2) is 24.3 Å². The summed E-state index contributed by atoms with van der Waals surface area (Å²) in [4.78, 5) is 28.5. The van der Waals surface area contributed by atoms with E-state index in [9.17, 15) is 9.59 Å². The quantitative estimate of drug-likeness (QED) is 0.799. The van der Waals surface area contributed by atoms with Crippen LogP contribution in [0.3, 0.4) is 0 Å². The number of hydrogen-bond acceptors (Lipinski definition) is 4. The van der Waals surface area contributed by atoms with Gasteiger partial charge in [0, 0.05) is 43.9 Å². The fourth-order valence-electron chi connectivity index (χ4n) is 4.90. The van der Waals surface area contributed by atoms with E-state index in [0.29, 0.717) is 29.1 Å². The molecule has 0 bridgehead atoms. The summed E-state index contributed by atoms with van der Waals surface area (Å²) in [6, 6.07) is 7.63. The number of carbonyl (C=O) groups is 2. The molecule has 0 spiro atoms. The van der Waals surface area contributed by atoms with Crippen LogP contribution in [-0.2, 0) is 9.53 Å². The summed E-state index contributed by atoms with van der Waals surface area (Å²) < 4.78 is 6.33. The number of anilines is 1. The number of likely N-dealkylation sites (tertiary alicyclic amines) is 1. The summed E-state index contributed by atoms with van der Waals surface area (Å²) in [7, 11) is 4.29. The first-order chi connectivity index (χ1) is 13.9. The maximum absolute atomic E-state index is 13.0. The molecule has 1 aromatic carbocycles. The van der Waals surface area contributed by atoms with Crippen LogP contribution >= 0.6 is 0 Å². The molecule has 1 heterocycles. The van der Waals surface area contributed by atoms with Gasteiger partial charge in [-0.05, 0) is 81.8 Å². The summed E-state index contributed by atoms with van der Waals surface area (Å²) in [5, 5.41) is 2.74. The Bertz CT molecular complexity index is 744. The lowest BCUT2D eigenvalue weighted by atomic mass is 9.77. The summed E-state index contributed by atoms with van der Waals surface area (Å²) in [5.41, 5.74) is 1.40. The van der Waals surface area contributed by atoms with Gasteiger partial charge in [0.25, 0.3) is 5.91 Å². The molecule has 3 fully saturated rings. The molecular formula is C23H33N3O3. The number of fused-ring (bicyclic) bond motifs is 1. The van der Waals surface area contributed by atoms with Gasteiger partial charge in [-0.15, -0.1) is 0 Å². The maximum atomic E-state index is 13.0. The summed E-state index contributed by atoms with van der Waals surface area (Å²) in [6.07, 6.45) is 5.05. The van der Waals surface area contributed by atoms with Gasteiger partial charge in [-0.3, -0.25) is 9.59 Å². The van der Waals surface area contributed by atoms with Gasteiger partial charge in [0.1, 0.15) is 0 Å². The van der Waals surface area contributed by atoms with Gasteiger partial charge in [-0.2, -0.15) is 0 Å². The second-order valence-corrected chi connectivity index (χ2v) is 9.31. The molecule has 4 rings (SSSR count). The number of benzene rings is 1. The van der Waals surface area contributed by atoms with E-state index in [4.69, 9.17) is 4.74 Å². The van der Waals surface area contributed by atoms with Crippen molar-refractivity contribution in [3.8, 4) is 0 Å². The SMILES string of the molecule is CC(=O)Nc1ccc(C(=O)N2C[C@H]3C[C@@H](N(C)C)[C@H](OCC4CC4)C[C@H]3C2)cc1. The fraction of sp³-hybridized carbons (Fsp3) is 0.652. The molecule has 29 heavy (non-hydrogen) atoms. The molecule has 0 aromatic heterocycles. The molecular weight excluding hydrogens is 366 g/mol. The first kappa shape index (κ1) is 20.4. The number of amides is 2. The third-order valence-electron chi connectivity index (χ3n) is 6.73. The fourth-order valence-corrected chi connectivity index (χ4v) is 4.90. The van der Waals surface area contributed by atoms with E-state index in [0.717, 1.165) is 38.5 Å². The third kappa shape index (κ3) is 4.81. The van der Waals surface area contributed by atoms with Crippen molar-refractivity contribution in [2.45, 2.75) is 44.8 Å². The zero-order valence-electron chi connectivity index (χ0n) is 17.8. The predicted octanol–water partition coefficient (Wildman–Crippen LogP) is 2.85. The van der Waals surface area contributed by atoms with Crippen LogP contribution in [-0.4, -0.2) is 67.6 Å². The highest BCUT2D eigenvalue weighted by molar-refractivity contribution is 5.95. The number of hydrogen-bond donors (Lipinski definition) is 1. The molecule has 0 radical (unpaired) electrons. The van der Waals surface area contributed by atoms with E-state index in [1.165, 1.54) is 19.8 Å². The minimum absolute atomic E-state index is 0.0885. The summed E-state index contributed by atoms with van der Waals surface area (Å²) in [5.74, 6) is 1.83. The van der Waals surface area contributed by atoms with E-state index < -0.39 is 0 Å². The highest BCUT2D eigenvalue weighted by Gasteiger charge is 2.45. The molecule has 2 aliphatic carbocycles. The molecule has 0 unspecified atom stereocenters. The summed E-state index contributed by atoms with van der Waals surface area (Å²) >= 11 is 0. The Hall–Kier alpha value is -1.92. The molecule has 6 nitrogen and oxygen atoms in total. The lowest BCUT2D eigenvalue weighted by Crippen LogP contribution is -2.48. The average molecular weight is 400 g/mol. The molecule has 2 saturated carbocycles. The number of rotatable bonds is 6. The van der Waals surface area contributed by atoms with Gasteiger partial charge in [-0.1, -0.05) is 0 Å². The topological polar surface area (TPSA) is 61.9 Å². The largest absolute Gasteiger partial charge is 0.376 e. The maximum Gasteiger partial charge on any atom is 0.253 e. The zero-order valence-corrected chi connectivity index (χ0v) is 17.8. The van der Waals surface area contributed by atoms with Crippen molar-refractivity contribution in [2.24, 2.45) is 17.8 Å². The van der Waals surface area contributed by atoms with Crippen molar-refractivity contribution in [3.05, 3.63) is 29.8 Å². The van der Waals surface area contributed by atoms with Crippen LogP contribution in [0.2, 0.25) is 0 Å². The first-order valence-electron chi connectivity index (χ1n) is 10.9. The first-order valence-corrected chi connectivity index (χ1v) is 10.9. The average Bonchev–Trinajstić information content (AvgIpc) is 3.42. The Balaban J connectivity index is 1.39. The number of likely N-dealkylation sites (N-methyl/N-ethyl adjacent to an activating group) is 1. The lowest BCUT2D eigenvalue weighted by molar-refractivity contribution is -0.114. The number of ether oxygens (including phenoxy) is 1. The lowest BCUT2D eigenvalue weighted by Gasteiger charge is -2.41. The van der Waals surface area contributed by atoms with Crippen LogP contribution in [0.5, 0.6) is 0 Å². The number of carbonyl (C=O) groups excluding carboxylic acids is 2. The normalized spacial score (nSPS) is 29.0. The summed E-state index contributed by atoms with van der Waals surface area (Å²) in [6.45, 7) is 4.03. The van der Waals surface area contributed by atoms with E-state index in [1.54, 1.807) is 24.3 Å². The highest BCUT2D eigenvalue weighted by atomic mass is 16.5. The number of nitrogens with zero attached hydrogens (tertiary/aromatic N) is 2. The van der Waals surface area contributed by atoms with Gasteiger partial charge in [0.2, 0.25) is 5.91 Å². The Morgan fingerprint density at radius 3 is 2.34 bits per heavy atom. The standard InChI is InChI=1S/C23H33N3O3/c1-15(27)24-20-8-6-17(7-9-20)23(28)26-12-18-10-21(25(2)3)22(11-19(18)13-26)29-14-16-4-5-16/h6-9,16,18-19,21-22H,4-5,10-14H2,1-3H3,(H,24,27)/t18-,19+,21-,22-/m1/s1. The second-order valence-electron chi connectivity index (χ2n) is 9.31. The van der Waals surface area contributed by atoms with Crippen LogP contribution in [0, 0.1) is 17.8 Å².